The maximum atomic E-state index is 13.0. The molecule has 2 nitrogen and oxygen atoms in total. The Kier molecular flexibility index (Phi) is 3.42. The van der Waals surface area contributed by atoms with Gasteiger partial charge in [0.2, 0.25) is 0 Å². The zero-order valence-electron chi connectivity index (χ0n) is 6.76. The van der Waals surface area contributed by atoms with E-state index in [2.05, 4.69) is 15.9 Å². The second-order valence-corrected chi connectivity index (χ2v) is 3.15. The maximum absolute atomic E-state index is 13.0. The Morgan fingerprint density at radius 3 is 2.77 bits per heavy atom. The number of Topliss-reactive ketones (excluding diaryl/α,β-unsaturated/α-hetero) is 1. The summed E-state index contributed by atoms with van der Waals surface area (Å²) in [7, 11) is 0. The molecule has 4 heteroatoms. The number of ketones is 1. The van der Waals surface area contributed by atoms with Crippen molar-refractivity contribution in [3.05, 3.63) is 29.6 Å². The summed E-state index contributed by atoms with van der Waals surface area (Å²) >= 11 is 2.97. The Bertz CT molecular complexity index is 305. The fraction of sp³-hybridized carbons (Fsp3) is 0.222. The first-order chi connectivity index (χ1) is 6.15. The van der Waals surface area contributed by atoms with Crippen LogP contribution in [0.15, 0.2) is 18.2 Å². The molecule has 0 unspecified atom stereocenters. The van der Waals surface area contributed by atoms with E-state index in [4.69, 9.17) is 0 Å². The number of phenols is 1. The summed E-state index contributed by atoms with van der Waals surface area (Å²) in [5.41, 5.74) is 0.0620. The lowest BCUT2D eigenvalue weighted by Gasteiger charge is -2.03. The van der Waals surface area contributed by atoms with Gasteiger partial charge in [0.25, 0.3) is 0 Å². The molecule has 0 atom stereocenters. The molecular weight excluding hydrogens is 239 g/mol. The van der Waals surface area contributed by atoms with E-state index in [1.807, 2.05) is 0 Å². The molecule has 13 heavy (non-hydrogen) atoms. The van der Waals surface area contributed by atoms with Gasteiger partial charge in [0.1, 0.15) is 17.3 Å². The highest BCUT2D eigenvalue weighted by Gasteiger charge is 2.10. The largest absolute Gasteiger partial charge is 0.508 e. The van der Waals surface area contributed by atoms with Gasteiger partial charge in [-0.3, -0.25) is 4.79 Å². The van der Waals surface area contributed by atoms with E-state index in [1.165, 1.54) is 18.2 Å². The monoisotopic (exact) mass is 246 g/mol. The standard InChI is InChI=1S/C9H8BrFO2/c10-5-6(12)4-7-8(11)2-1-3-9(7)13/h1-3,13H,4-5H2. The van der Waals surface area contributed by atoms with E-state index in [0.29, 0.717) is 0 Å². The van der Waals surface area contributed by atoms with Gasteiger partial charge in [-0.05, 0) is 12.1 Å². The van der Waals surface area contributed by atoms with Gasteiger partial charge in [-0.1, -0.05) is 22.0 Å². The molecular formula is C9H8BrFO2. The van der Waals surface area contributed by atoms with Gasteiger partial charge in [0.15, 0.2) is 0 Å². The summed E-state index contributed by atoms with van der Waals surface area (Å²) in [6.07, 6.45) is -0.0796. The summed E-state index contributed by atoms with van der Waals surface area (Å²) in [5.74, 6) is -0.885. The Morgan fingerprint density at radius 1 is 1.54 bits per heavy atom. The molecule has 0 aliphatic heterocycles. The Labute approximate surface area is 83.5 Å². The summed E-state index contributed by atoms with van der Waals surface area (Å²) in [4.78, 5) is 11.0. The van der Waals surface area contributed by atoms with E-state index in [1.54, 1.807) is 0 Å². The van der Waals surface area contributed by atoms with Crippen LogP contribution in [0.25, 0.3) is 0 Å². The predicted octanol–water partition coefficient (Wildman–Crippen LogP) is 2.04. The number of aromatic hydroxyl groups is 1. The van der Waals surface area contributed by atoms with Crippen molar-refractivity contribution in [3.63, 3.8) is 0 Å². The molecule has 0 aromatic heterocycles. The minimum Gasteiger partial charge on any atom is -0.508 e. The SMILES string of the molecule is O=C(CBr)Cc1c(O)cccc1F. The van der Waals surface area contributed by atoms with Crippen molar-refractivity contribution in [1.29, 1.82) is 0 Å². The molecule has 0 saturated carbocycles. The van der Waals surface area contributed by atoms with Crippen molar-refractivity contribution in [3.8, 4) is 5.75 Å². The van der Waals surface area contributed by atoms with E-state index in [-0.39, 0.29) is 28.8 Å². The van der Waals surface area contributed by atoms with E-state index >= 15 is 0 Å². The molecule has 0 radical (unpaired) electrons. The van der Waals surface area contributed by atoms with Crippen LogP contribution in [0.4, 0.5) is 4.39 Å². The van der Waals surface area contributed by atoms with Crippen molar-refractivity contribution in [1.82, 2.24) is 0 Å². The van der Waals surface area contributed by atoms with Crippen molar-refractivity contribution in [2.24, 2.45) is 0 Å². The number of carbonyl (C=O) groups excluding carboxylic acids is 1. The van der Waals surface area contributed by atoms with Gasteiger partial charge in [0.05, 0.1) is 5.33 Å². The lowest BCUT2D eigenvalue weighted by molar-refractivity contribution is -0.115. The zero-order chi connectivity index (χ0) is 9.84. The molecule has 0 aliphatic carbocycles. The van der Waals surface area contributed by atoms with Crippen LogP contribution < -0.4 is 0 Å². The first-order valence-corrected chi connectivity index (χ1v) is 4.81. The normalized spacial score (nSPS) is 10.0. The van der Waals surface area contributed by atoms with E-state index < -0.39 is 5.82 Å². The van der Waals surface area contributed by atoms with Crippen LogP contribution in [0.5, 0.6) is 5.75 Å². The lowest BCUT2D eigenvalue weighted by atomic mass is 10.1. The minimum atomic E-state index is -0.547. The van der Waals surface area contributed by atoms with E-state index in [0.717, 1.165) is 0 Å². The Balaban J connectivity index is 2.93. The molecule has 0 fully saturated rings. The van der Waals surface area contributed by atoms with Gasteiger partial charge >= 0.3 is 0 Å². The molecule has 1 aromatic carbocycles. The zero-order valence-corrected chi connectivity index (χ0v) is 8.34. The molecule has 1 aromatic rings. The molecule has 1 rings (SSSR count). The van der Waals surface area contributed by atoms with Crippen LogP contribution in [0.2, 0.25) is 0 Å². The molecule has 1 N–H and O–H groups in total. The summed E-state index contributed by atoms with van der Waals surface area (Å²) in [5, 5.41) is 9.40. The number of hydrogen-bond donors (Lipinski definition) is 1. The van der Waals surface area contributed by atoms with Gasteiger partial charge in [-0.25, -0.2) is 4.39 Å². The molecule has 0 bridgehead atoms. The molecule has 0 saturated heterocycles. The first-order valence-electron chi connectivity index (χ1n) is 3.69. The molecule has 70 valence electrons. The van der Waals surface area contributed by atoms with Crippen LogP contribution in [-0.4, -0.2) is 16.2 Å². The second kappa shape index (κ2) is 4.37. The van der Waals surface area contributed by atoms with Crippen LogP contribution in [0.3, 0.4) is 0 Å². The van der Waals surface area contributed by atoms with Crippen molar-refractivity contribution >= 4 is 21.7 Å². The molecule has 0 amide bonds. The number of rotatable bonds is 3. The van der Waals surface area contributed by atoms with Gasteiger partial charge in [-0.15, -0.1) is 0 Å². The predicted molar refractivity (Wildman–Crippen MR) is 50.6 cm³/mol. The van der Waals surface area contributed by atoms with Crippen LogP contribution in [0.1, 0.15) is 5.56 Å². The number of benzene rings is 1. The van der Waals surface area contributed by atoms with Gasteiger partial charge < -0.3 is 5.11 Å². The van der Waals surface area contributed by atoms with Crippen molar-refractivity contribution < 1.29 is 14.3 Å². The smallest absolute Gasteiger partial charge is 0.148 e. The highest BCUT2D eigenvalue weighted by molar-refractivity contribution is 9.09. The number of carbonyl (C=O) groups is 1. The topological polar surface area (TPSA) is 37.3 Å². The highest BCUT2D eigenvalue weighted by atomic mass is 79.9. The number of halogens is 2. The second-order valence-electron chi connectivity index (χ2n) is 2.59. The summed E-state index contributed by atoms with van der Waals surface area (Å²) < 4.78 is 13.0. The number of alkyl halides is 1. The average molecular weight is 247 g/mol. The van der Waals surface area contributed by atoms with E-state index in [9.17, 15) is 14.3 Å². The molecule has 0 heterocycles. The third-order valence-electron chi connectivity index (χ3n) is 1.62. The fourth-order valence-electron chi connectivity index (χ4n) is 0.967. The highest BCUT2D eigenvalue weighted by Crippen LogP contribution is 2.20. The molecule has 0 aliphatic rings. The Hall–Kier alpha value is -0.900. The maximum Gasteiger partial charge on any atom is 0.148 e. The third-order valence-corrected chi connectivity index (χ3v) is 2.24. The minimum absolute atomic E-state index is 0.0620. The van der Waals surface area contributed by atoms with Crippen LogP contribution >= 0.6 is 15.9 Å². The quantitative estimate of drug-likeness (QED) is 0.830. The molecule has 0 spiro atoms. The van der Waals surface area contributed by atoms with Crippen molar-refractivity contribution in [2.75, 3.05) is 5.33 Å². The third kappa shape index (κ3) is 2.52. The fourth-order valence-corrected chi connectivity index (χ4v) is 1.16. The summed E-state index contributed by atoms with van der Waals surface area (Å²) in [6.45, 7) is 0. The van der Waals surface area contributed by atoms with Gasteiger partial charge in [0, 0.05) is 12.0 Å². The van der Waals surface area contributed by atoms with Gasteiger partial charge in [-0.2, -0.15) is 0 Å². The van der Waals surface area contributed by atoms with Crippen molar-refractivity contribution in [2.45, 2.75) is 6.42 Å². The first kappa shape index (κ1) is 10.2. The Morgan fingerprint density at radius 2 is 2.23 bits per heavy atom. The number of hydrogen-bond acceptors (Lipinski definition) is 2. The lowest BCUT2D eigenvalue weighted by Crippen LogP contribution is -2.05. The summed E-state index contributed by atoms with van der Waals surface area (Å²) in [6, 6.07) is 3.98. The average Bonchev–Trinajstić information content (AvgIpc) is 2.11. The van der Waals surface area contributed by atoms with Crippen LogP contribution in [0, 0.1) is 5.82 Å². The van der Waals surface area contributed by atoms with Crippen LogP contribution in [-0.2, 0) is 11.2 Å². The number of phenolic OH excluding ortho intramolecular Hbond substituents is 1.